The Bertz CT molecular complexity index is 837. The molecule has 30 heavy (non-hydrogen) atoms. The van der Waals surface area contributed by atoms with E-state index in [4.69, 9.17) is 4.74 Å². The number of fused-ring (bicyclic) bond motifs is 5. The van der Waals surface area contributed by atoms with Crippen LogP contribution in [-0.2, 0) is 4.79 Å². The Kier molecular flexibility index (Phi) is 5.11. The Morgan fingerprint density at radius 1 is 1.00 bits per heavy atom. The molecule has 0 aliphatic heterocycles. The highest BCUT2D eigenvalue weighted by molar-refractivity contribution is 6.05. The summed E-state index contributed by atoms with van der Waals surface area (Å²) in [7, 11) is 0. The fraction of sp³-hybridized carbons (Fsp3) is 0.679. The molecule has 162 valence electrons. The van der Waals surface area contributed by atoms with Crippen molar-refractivity contribution in [2.24, 2.45) is 34.5 Å². The van der Waals surface area contributed by atoms with Crippen LogP contribution >= 0.6 is 0 Å². The number of ketones is 1. The van der Waals surface area contributed by atoms with Gasteiger partial charge in [-0.3, -0.25) is 4.79 Å². The Hall–Kier alpha value is -1.57. The van der Waals surface area contributed by atoms with Crippen molar-refractivity contribution in [1.82, 2.24) is 0 Å². The lowest BCUT2D eigenvalue weighted by molar-refractivity contribution is -0.137. The van der Waals surface area contributed by atoms with Crippen molar-refractivity contribution in [3.63, 3.8) is 0 Å². The van der Waals surface area contributed by atoms with Crippen molar-refractivity contribution in [3.8, 4) is 5.75 Å². The molecule has 0 heterocycles. The molecule has 2 nitrogen and oxygen atoms in total. The van der Waals surface area contributed by atoms with E-state index in [1.54, 1.807) is 0 Å². The highest BCUT2D eigenvalue weighted by Gasteiger charge is 2.60. The van der Waals surface area contributed by atoms with Gasteiger partial charge in [0.05, 0.1) is 6.61 Å². The average molecular weight is 407 g/mol. The summed E-state index contributed by atoms with van der Waals surface area (Å²) in [6.07, 6.45) is 14.0. The van der Waals surface area contributed by atoms with Crippen molar-refractivity contribution < 1.29 is 9.53 Å². The van der Waals surface area contributed by atoms with E-state index in [2.05, 4.69) is 32.1 Å². The van der Waals surface area contributed by atoms with Gasteiger partial charge < -0.3 is 4.74 Å². The first-order valence-electron chi connectivity index (χ1n) is 12.4. The first kappa shape index (κ1) is 20.3. The minimum absolute atomic E-state index is 0.129. The third-order valence-electron chi connectivity index (χ3n) is 9.76. The van der Waals surface area contributed by atoms with E-state index in [0.29, 0.717) is 23.7 Å². The molecular formula is C28H38O2. The summed E-state index contributed by atoms with van der Waals surface area (Å²) in [5.41, 5.74) is 2.61. The van der Waals surface area contributed by atoms with Crippen molar-refractivity contribution in [3.05, 3.63) is 35.4 Å². The van der Waals surface area contributed by atoms with Crippen LogP contribution in [0.4, 0.5) is 0 Å². The molecule has 0 N–H and O–H groups in total. The summed E-state index contributed by atoms with van der Waals surface area (Å²) in [5.74, 6) is 4.42. The number of hydrogen-bond donors (Lipinski definition) is 0. The van der Waals surface area contributed by atoms with Gasteiger partial charge in [0.1, 0.15) is 5.75 Å². The first-order valence-corrected chi connectivity index (χ1v) is 12.4. The SMILES string of the molecule is CCOc1ccc(/C=C2\CC3C4CCC5CCCC[C@@]5(C)C4CC[C@@]3(C)C2=O)cc1. The monoisotopic (exact) mass is 406 g/mol. The Morgan fingerprint density at radius 2 is 1.80 bits per heavy atom. The van der Waals surface area contributed by atoms with Gasteiger partial charge in [-0.05, 0) is 110 Å². The van der Waals surface area contributed by atoms with Gasteiger partial charge in [-0.25, -0.2) is 0 Å². The highest BCUT2D eigenvalue weighted by Crippen LogP contribution is 2.66. The molecule has 0 radical (unpaired) electrons. The molecule has 0 saturated heterocycles. The van der Waals surface area contributed by atoms with Gasteiger partial charge in [-0.1, -0.05) is 38.8 Å². The zero-order valence-corrected chi connectivity index (χ0v) is 19.1. The molecule has 1 aromatic carbocycles. The van der Waals surface area contributed by atoms with E-state index in [1.165, 1.54) is 44.9 Å². The second-order valence-corrected chi connectivity index (χ2v) is 11.1. The van der Waals surface area contributed by atoms with Crippen LogP contribution in [0.5, 0.6) is 5.75 Å². The van der Waals surface area contributed by atoms with Crippen LogP contribution in [0.15, 0.2) is 29.8 Å². The average Bonchev–Trinajstić information content (AvgIpc) is 3.00. The largest absolute Gasteiger partial charge is 0.494 e. The zero-order chi connectivity index (χ0) is 20.9. The smallest absolute Gasteiger partial charge is 0.165 e. The lowest BCUT2D eigenvalue weighted by atomic mass is 9.45. The molecule has 0 bridgehead atoms. The minimum Gasteiger partial charge on any atom is -0.494 e. The lowest BCUT2D eigenvalue weighted by Gasteiger charge is -2.59. The van der Waals surface area contributed by atoms with E-state index < -0.39 is 0 Å². The summed E-state index contributed by atoms with van der Waals surface area (Å²) < 4.78 is 5.57. The van der Waals surface area contributed by atoms with Crippen molar-refractivity contribution in [2.75, 3.05) is 6.61 Å². The van der Waals surface area contributed by atoms with Gasteiger partial charge in [-0.2, -0.15) is 0 Å². The number of carbonyl (C=O) groups excluding carboxylic acids is 1. The normalized spacial score (nSPS) is 41.8. The van der Waals surface area contributed by atoms with Crippen LogP contribution in [0.3, 0.4) is 0 Å². The maximum absolute atomic E-state index is 13.6. The van der Waals surface area contributed by atoms with E-state index in [0.717, 1.165) is 47.5 Å². The number of ether oxygens (including phenoxy) is 1. The van der Waals surface area contributed by atoms with Crippen molar-refractivity contribution in [1.29, 1.82) is 0 Å². The molecule has 6 atom stereocenters. The Labute approximate surface area is 182 Å². The van der Waals surface area contributed by atoms with Crippen molar-refractivity contribution >= 4 is 11.9 Å². The van der Waals surface area contributed by atoms with Crippen LogP contribution < -0.4 is 4.74 Å². The molecule has 0 aromatic heterocycles. The molecule has 0 amide bonds. The Balaban J connectivity index is 1.41. The summed E-state index contributed by atoms with van der Waals surface area (Å²) in [5, 5.41) is 0. The standard InChI is InChI=1S/C28H38O2/c1-4-30-22-11-8-19(9-12-22)17-20-18-25-23-13-10-21-7-5-6-15-27(21,2)24(23)14-16-28(25,3)26(20)29/h8-9,11-12,17,21,23-25H,4-7,10,13-16,18H2,1-3H3/b20-17+/t21?,23?,24?,25?,27-,28-/m1/s1. The van der Waals surface area contributed by atoms with Crippen LogP contribution in [0, 0.1) is 34.5 Å². The molecule has 4 saturated carbocycles. The lowest BCUT2D eigenvalue weighted by Crippen LogP contribution is -2.52. The predicted octanol–water partition coefficient (Wildman–Crippen LogP) is 7.08. The van der Waals surface area contributed by atoms with Crippen LogP contribution in [0.2, 0.25) is 0 Å². The quantitative estimate of drug-likeness (QED) is 0.501. The number of carbonyl (C=O) groups is 1. The first-order chi connectivity index (χ1) is 14.5. The molecule has 2 heteroatoms. The fourth-order valence-electron chi connectivity index (χ4n) is 8.12. The third-order valence-corrected chi connectivity index (χ3v) is 9.76. The Morgan fingerprint density at radius 3 is 2.57 bits per heavy atom. The van der Waals surface area contributed by atoms with E-state index in [9.17, 15) is 4.79 Å². The van der Waals surface area contributed by atoms with Gasteiger partial charge in [0.2, 0.25) is 0 Å². The van der Waals surface area contributed by atoms with Crippen LogP contribution in [0.1, 0.15) is 84.1 Å². The summed E-state index contributed by atoms with van der Waals surface area (Å²) in [4.78, 5) is 13.6. The van der Waals surface area contributed by atoms with Gasteiger partial charge >= 0.3 is 0 Å². The number of Topliss-reactive ketones (excluding diaryl/α,β-unsaturated/α-hetero) is 1. The van der Waals surface area contributed by atoms with Crippen LogP contribution in [-0.4, -0.2) is 12.4 Å². The summed E-state index contributed by atoms with van der Waals surface area (Å²) in [6, 6.07) is 8.22. The molecular weight excluding hydrogens is 368 g/mol. The second kappa shape index (κ2) is 7.53. The molecule has 0 spiro atoms. The number of benzene rings is 1. The van der Waals surface area contributed by atoms with E-state index in [-0.39, 0.29) is 5.41 Å². The molecule has 4 aliphatic carbocycles. The highest BCUT2D eigenvalue weighted by atomic mass is 16.5. The number of rotatable bonds is 3. The maximum Gasteiger partial charge on any atom is 0.165 e. The zero-order valence-electron chi connectivity index (χ0n) is 19.1. The third kappa shape index (κ3) is 3.09. The van der Waals surface area contributed by atoms with Gasteiger partial charge in [0.25, 0.3) is 0 Å². The van der Waals surface area contributed by atoms with Crippen molar-refractivity contribution in [2.45, 2.75) is 78.6 Å². The molecule has 4 unspecified atom stereocenters. The fourth-order valence-corrected chi connectivity index (χ4v) is 8.12. The summed E-state index contributed by atoms with van der Waals surface area (Å²) >= 11 is 0. The second-order valence-electron chi connectivity index (χ2n) is 11.1. The van der Waals surface area contributed by atoms with E-state index >= 15 is 0 Å². The molecule has 4 aliphatic rings. The molecule has 4 fully saturated rings. The number of hydrogen-bond acceptors (Lipinski definition) is 2. The van der Waals surface area contributed by atoms with Gasteiger partial charge in [0.15, 0.2) is 5.78 Å². The molecule has 1 aromatic rings. The van der Waals surface area contributed by atoms with Gasteiger partial charge in [-0.15, -0.1) is 0 Å². The molecule has 5 rings (SSSR count). The topological polar surface area (TPSA) is 26.3 Å². The minimum atomic E-state index is -0.129. The maximum atomic E-state index is 13.6. The van der Waals surface area contributed by atoms with Crippen LogP contribution in [0.25, 0.3) is 6.08 Å². The van der Waals surface area contributed by atoms with E-state index in [1.807, 2.05) is 19.1 Å². The number of allylic oxidation sites excluding steroid dienone is 1. The summed E-state index contributed by atoms with van der Waals surface area (Å²) in [6.45, 7) is 7.60. The van der Waals surface area contributed by atoms with Gasteiger partial charge in [0, 0.05) is 5.41 Å². The predicted molar refractivity (Wildman–Crippen MR) is 122 cm³/mol.